The van der Waals surface area contributed by atoms with Crippen molar-refractivity contribution < 1.29 is 4.39 Å². The number of halogens is 1. The summed E-state index contributed by atoms with van der Waals surface area (Å²) in [6.07, 6.45) is 0. The van der Waals surface area contributed by atoms with Crippen LogP contribution in [0.4, 0.5) is 4.39 Å². The predicted octanol–water partition coefficient (Wildman–Crippen LogP) is 3.81. The first-order valence-corrected chi connectivity index (χ1v) is 7.70. The fourth-order valence-electron chi connectivity index (χ4n) is 1.85. The van der Waals surface area contributed by atoms with Crippen LogP contribution in [0.15, 0.2) is 27.4 Å². The molecular weight excluding hydrogens is 281 g/mol. The fourth-order valence-corrected chi connectivity index (χ4v) is 3.70. The maximum absolute atomic E-state index is 14.0. The first kappa shape index (κ1) is 14.4. The Morgan fingerprint density at radius 1 is 1.47 bits per heavy atom. The summed E-state index contributed by atoms with van der Waals surface area (Å²) in [4.78, 5) is 5.20. The van der Waals surface area contributed by atoms with Crippen molar-refractivity contribution >= 4 is 23.3 Å². The Morgan fingerprint density at radius 3 is 2.89 bits per heavy atom. The van der Waals surface area contributed by atoms with Crippen molar-refractivity contribution in [2.75, 3.05) is 6.54 Å². The minimum absolute atomic E-state index is 0.0253. The molecule has 0 spiro atoms. The Hall–Kier alpha value is -0.980. The molecule has 0 radical (unpaired) electrons. The highest BCUT2D eigenvalue weighted by Crippen LogP contribution is 2.35. The number of nitrogens with one attached hydrogen (secondary N) is 1. The van der Waals surface area contributed by atoms with E-state index in [1.807, 2.05) is 26.8 Å². The summed E-state index contributed by atoms with van der Waals surface area (Å²) in [5, 5.41) is 3.25. The molecule has 1 aromatic carbocycles. The van der Waals surface area contributed by atoms with E-state index in [1.54, 1.807) is 6.07 Å². The monoisotopic (exact) mass is 297 g/mol. The Kier molecular flexibility index (Phi) is 4.90. The zero-order valence-electron chi connectivity index (χ0n) is 11.1. The van der Waals surface area contributed by atoms with E-state index < -0.39 is 0 Å². The van der Waals surface area contributed by atoms with Crippen LogP contribution >= 0.6 is 23.3 Å². The van der Waals surface area contributed by atoms with Gasteiger partial charge in [0.05, 0.1) is 0 Å². The highest BCUT2D eigenvalue weighted by atomic mass is 32.2. The van der Waals surface area contributed by atoms with Gasteiger partial charge in [0.1, 0.15) is 11.6 Å². The molecule has 19 heavy (non-hydrogen) atoms. The topological polar surface area (TPSA) is 37.8 Å². The van der Waals surface area contributed by atoms with E-state index in [1.165, 1.54) is 29.4 Å². The lowest BCUT2D eigenvalue weighted by molar-refractivity contribution is 0.531. The van der Waals surface area contributed by atoms with Crippen molar-refractivity contribution in [3.8, 4) is 0 Å². The lowest BCUT2D eigenvalue weighted by Gasteiger charge is -2.17. The number of rotatable bonds is 5. The van der Waals surface area contributed by atoms with Crippen LogP contribution in [0.3, 0.4) is 0 Å². The second-order valence-electron chi connectivity index (χ2n) is 4.14. The van der Waals surface area contributed by atoms with Crippen molar-refractivity contribution in [3.63, 3.8) is 0 Å². The average molecular weight is 297 g/mol. The van der Waals surface area contributed by atoms with Gasteiger partial charge in [0.25, 0.3) is 0 Å². The van der Waals surface area contributed by atoms with Gasteiger partial charge < -0.3 is 5.32 Å². The van der Waals surface area contributed by atoms with E-state index in [0.29, 0.717) is 5.56 Å². The van der Waals surface area contributed by atoms with Gasteiger partial charge in [0.2, 0.25) is 0 Å². The Morgan fingerprint density at radius 2 is 2.26 bits per heavy atom. The molecule has 6 heteroatoms. The molecule has 0 aliphatic carbocycles. The quantitative estimate of drug-likeness (QED) is 0.910. The molecule has 0 saturated carbocycles. The van der Waals surface area contributed by atoms with Crippen LogP contribution in [0.25, 0.3) is 0 Å². The third-order valence-electron chi connectivity index (χ3n) is 2.66. The van der Waals surface area contributed by atoms with Crippen molar-refractivity contribution in [1.82, 2.24) is 14.7 Å². The minimum atomic E-state index is -0.181. The molecule has 1 heterocycles. The van der Waals surface area contributed by atoms with Gasteiger partial charge in [-0.2, -0.15) is 4.37 Å². The standard InChI is InChI=1S/C13H16FN3S2/c1-4-15-8(2)12-10(14)6-5-7-11(12)18-13-16-9(3)17-19-13/h5-8,15H,4H2,1-3H3. The smallest absolute Gasteiger partial charge is 0.174 e. The predicted molar refractivity (Wildman–Crippen MR) is 77.3 cm³/mol. The van der Waals surface area contributed by atoms with E-state index >= 15 is 0 Å². The largest absolute Gasteiger partial charge is 0.310 e. The van der Waals surface area contributed by atoms with Gasteiger partial charge in [-0.1, -0.05) is 24.8 Å². The van der Waals surface area contributed by atoms with E-state index in [4.69, 9.17) is 0 Å². The number of hydrogen-bond donors (Lipinski definition) is 1. The lowest BCUT2D eigenvalue weighted by Crippen LogP contribution is -2.19. The molecule has 1 atom stereocenters. The summed E-state index contributed by atoms with van der Waals surface area (Å²) in [6.45, 7) is 6.64. The van der Waals surface area contributed by atoms with Gasteiger partial charge in [-0.05, 0) is 44.1 Å². The van der Waals surface area contributed by atoms with Crippen LogP contribution in [0.1, 0.15) is 31.3 Å². The van der Waals surface area contributed by atoms with Crippen molar-refractivity contribution in [2.24, 2.45) is 0 Å². The first-order valence-electron chi connectivity index (χ1n) is 6.11. The van der Waals surface area contributed by atoms with Gasteiger partial charge in [-0.3, -0.25) is 0 Å². The van der Waals surface area contributed by atoms with E-state index in [2.05, 4.69) is 14.7 Å². The summed E-state index contributed by atoms with van der Waals surface area (Å²) >= 11 is 2.81. The van der Waals surface area contributed by atoms with Crippen LogP contribution in [0.5, 0.6) is 0 Å². The molecule has 0 bridgehead atoms. The van der Waals surface area contributed by atoms with Crippen molar-refractivity contribution in [3.05, 3.63) is 35.4 Å². The molecule has 1 unspecified atom stereocenters. The van der Waals surface area contributed by atoms with Crippen molar-refractivity contribution in [1.29, 1.82) is 0 Å². The maximum Gasteiger partial charge on any atom is 0.174 e. The van der Waals surface area contributed by atoms with Crippen LogP contribution in [0, 0.1) is 12.7 Å². The molecule has 1 aromatic heterocycles. The van der Waals surface area contributed by atoms with Gasteiger partial charge in [0.15, 0.2) is 4.34 Å². The number of aryl methyl sites for hydroxylation is 1. The summed E-state index contributed by atoms with van der Waals surface area (Å²) in [5.41, 5.74) is 0.696. The average Bonchev–Trinajstić information content (AvgIpc) is 2.75. The molecular formula is C13H16FN3S2. The van der Waals surface area contributed by atoms with Gasteiger partial charge in [0, 0.05) is 16.5 Å². The fraction of sp³-hybridized carbons (Fsp3) is 0.385. The molecule has 3 nitrogen and oxygen atoms in total. The van der Waals surface area contributed by atoms with Gasteiger partial charge in [-0.15, -0.1) is 0 Å². The third kappa shape index (κ3) is 3.52. The summed E-state index contributed by atoms with van der Waals surface area (Å²) in [7, 11) is 0. The van der Waals surface area contributed by atoms with Crippen molar-refractivity contribution in [2.45, 2.75) is 36.0 Å². The summed E-state index contributed by atoms with van der Waals surface area (Å²) < 4.78 is 19.0. The van der Waals surface area contributed by atoms with Crippen LogP contribution in [-0.2, 0) is 0 Å². The summed E-state index contributed by atoms with van der Waals surface area (Å²) in [6, 6.07) is 5.13. The normalized spacial score (nSPS) is 12.6. The zero-order chi connectivity index (χ0) is 13.8. The lowest BCUT2D eigenvalue weighted by atomic mass is 10.1. The number of aromatic nitrogens is 2. The SMILES string of the molecule is CCNC(C)c1c(F)cccc1Sc1nc(C)ns1. The first-order chi connectivity index (χ1) is 9.11. The molecule has 102 valence electrons. The molecule has 0 aliphatic rings. The van der Waals surface area contributed by atoms with Gasteiger partial charge >= 0.3 is 0 Å². The Bertz CT molecular complexity index is 557. The van der Waals surface area contributed by atoms with Crippen LogP contribution < -0.4 is 5.32 Å². The highest BCUT2D eigenvalue weighted by molar-refractivity contribution is 8.01. The molecule has 1 N–H and O–H groups in total. The van der Waals surface area contributed by atoms with Crippen LogP contribution in [-0.4, -0.2) is 15.9 Å². The Labute approximate surface area is 120 Å². The molecule has 2 rings (SSSR count). The number of nitrogens with zero attached hydrogens (tertiary/aromatic N) is 2. The van der Waals surface area contributed by atoms with Crippen LogP contribution in [0.2, 0.25) is 0 Å². The number of hydrogen-bond acceptors (Lipinski definition) is 5. The molecule has 0 amide bonds. The van der Waals surface area contributed by atoms with E-state index in [0.717, 1.165) is 21.6 Å². The zero-order valence-corrected chi connectivity index (χ0v) is 12.7. The van der Waals surface area contributed by atoms with E-state index in [9.17, 15) is 4.39 Å². The molecule has 0 saturated heterocycles. The molecule has 2 aromatic rings. The minimum Gasteiger partial charge on any atom is -0.310 e. The van der Waals surface area contributed by atoms with Gasteiger partial charge in [-0.25, -0.2) is 9.37 Å². The molecule has 0 aliphatic heterocycles. The highest BCUT2D eigenvalue weighted by Gasteiger charge is 2.16. The second kappa shape index (κ2) is 6.45. The number of benzene rings is 1. The maximum atomic E-state index is 14.0. The second-order valence-corrected chi connectivity index (χ2v) is 6.18. The molecule has 0 fully saturated rings. The summed E-state index contributed by atoms with van der Waals surface area (Å²) in [5.74, 6) is 0.574. The Balaban J connectivity index is 2.31. The van der Waals surface area contributed by atoms with E-state index in [-0.39, 0.29) is 11.9 Å². The third-order valence-corrected chi connectivity index (χ3v) is 4.58.